The van der Waals surface area contributed by atoms with Crippen LogP contribution < -0.4 is 4.74 Å². The zero-order valence-electron chi connectivity index (χ0n) is 14.8. The molecule has 4 aromatic rings. The summed E-state index contributed by atoms with van der Waals surface area (Å²) in [6, 6.07) is 14.9. The molecule has 0 unspecified atom stereocenters. The molecule has 0 atom stereocenters. The van der Waals surface area contributed by atoms with Gasteiger partial charge in [0, 0.05) is 10.6 Å². The monoisotopic (exact) mass is 414 g/mol. The van der Waals surface area contributed by atoms with Crippen LogP contribution in [0.2, 0.25) is 5.02 Å². The maximum absolute atomic E-state index is 5.89. The van der Waals surface area contributed by atoms with Crippen LogP contribution in [0.3, 0.4) is 0 Å². The number of ether oxygens (including phenoxy) is 1. The van der Waals surface area contributed by atoms with E-state index in [0.29, 0.717) is 40.0 Å². The summed E-state index contributed by atoms with van der Waals surface area (Å²) >= 11 is 7.25. The molecule has 28 heavy (non-hydrogen) atoms. The number of hydrogen-bond acceptors (Lipinski definition) is 8. The summed E-state index contributed by atoms with van der Waals surface area (Å²) in [4.78, 5) is 4.37. The van der Waals surface area contributed by atoms with Crippen molar-refractivity contribution in [1.82, 2.24) is 20.3 Å². The van der Waals surface area contributed by atoms with Gasteiger partial charge in [-0.1, -0.05) is 40.7 Å². The maximum atomic E-state index is 5.89. The molecule has 9 heteroatoms. The summed E-state index contributed by atoms with van der Waals surface area (Å²) in [5.74, 6) is 2.80. The third-order valence-corrected chi connectivity index (χ3v) is 4.91. The number of methoxy groups -OCH3 is 1. The van der Waals surface area contributed by atoms with E-state index in [1.165, 1.54) is 11.8 Å². The number of aromatic nitrogens is 4. The van der Waals surface area contributed by atoms with Crippen LogP contribution in [-0.4, -0.2) is 27.4 Å². The third-order valence-electron chi connectivity index (χ3n) is 3.85. The minimum Gasteiger partial charge on any atom is -0.497 e. The molecule has 7 nitrogen and oxygen atoms in total. The number of benzene rings is 2. The van der Waals surface area contributed by atoms with Gasteiger partial charge in [0.2, 0.25) is 5.89 Å². The maximum Gasteiger partial charge on any atom is 0.277 e. The van der Waals surface area contributed by atoms with Gasteiger partial charge in [0.25, 0.3) is 11.1 Å². The van der Waals surface area contributed by atoms with E-state index >= 15 is 0 Å². The molecule has 0 saturated carbocycles. The molecule has 0 aliphatic rings. The summed E-state index contributed by atoms with van der Waals surface area (Å²) in [6.45, 7) is 0. The Balaban J connectivity index is 1.35. The van der Waals surface area contributed by atoms with Gasteiger partial charge in [-0.05, 0) is 42.0 Å². The van der Waals surface area contributed by atoms with E-state index in [0.717, 1.165) is 16.9 Å². The molecule has 2 aromatic carbocycles. The Bertz CT molecular complexity index is 1050. The first-order valence-electron chi connectivity index (χ1n) is 8.36. The van der Waals surface area contributed by atoms with E-state index < -0.39 is 0 Å². The predicted octanol–water partition coefficient (Wildman–Crippen LogP) is 4.66. The van der Waals surface area contributed by atoms with Crippen LogP contribution in [0.25, 0.3) is 11.5 Å². The fourth-order valence-electron chi connectivity index (χ4n) is 2.43. The van der Waals surface area contributed by atoms with Gasteiger partial charge in [0.1, 0.15) is 5.75 Å². The van der Waals surface area contributed by atoms with Crippen molar-refractivity contribution in [2.75, 3.05) is 7.11 Å². The molecule has 2 heterocycles. The van der Waals surface area contributed by atoms with Gasteiger partial charge in [0.05, 0.1) is 19.3 Å². The van der Waals surface area contributed by atoms with E-state index in [-0.39, 0.29) is 0 Å². The quantitative estimate of drug-likeness (QED) is 0.403. The zero-order chi connectivity index (χ0) is 19.3. The Labute approximate surface area is 170 Å². The molecule has 0 N–H and O–H groups in total. The minimum atomic E-state index is 0.443. The lowest BCUT2D eigenvalue weighted by molar-refractivity contribution is 0.413. The van der Waals surface area contributed by atoms with Crippen molar-refractivity contribution >= 4 is 23.4 Å². The van der Waals surface area contributed by atoms with E-state index in [9.17, 15) is 0 Å². The van der Waals surface area contributed by atoms with Crippen molar-refractivity contribution in [2.45, 2.75) is 17.4 Å². The molecule has 0 radical (unpaired) electrons. The minimum absolute atomic E-state index is 0.443. The molecule has 0 amide bonds. The van der Waals surface area contributed by atoms with E-state index in [4.69, 9.17) is 25.3 Å². The number of halogens is 1. The predicted molar refractivity (Wildman–Crippen MR) is 104 cm³/mol. The summed E-state index contributed by atoms with van der Waals surface area (Å²) in [7, 11) is 1.64. The first-order valence-corrected chi connectivity index (χ1v) is 9.72. The van der Waals surface area contributed by atoms with Crippen LogP contribution in [0.1, 0.15) is 17.3 Å². The smallest absolute Gasteiger partial charge is 0.277 e. The Morgan fingerprint density at radius 2 is 1.82 bits per heavy atom. The first kappa shape index (κ1) is 18.5. The Hall–Kier alpha value is -2.84. The van der Waals surface area contributed by atoms with Gasteiger partial charge >= 0.3 is 0 Å². The highest BCUT2D eigenvalue weighted by atomic mass is 35.5. The molecule has 0 fully saturated rings. The summed E-state index contributed by atoms with van der Waals surface area (Å²) in [6.07, 6.45) is 0.556. The molecule has 2 aromatic heterocycles. The van der Waals surface area contributed by atoms with Crippen molar-refractivity contribution < 1.29 is 13.7 Å². The van der Waals surface area contributed by atoms with Crippen LogP contribution in [-0.2, 0) is 12.2 Å². The van der Waals surface area contributed by atoms with Crippen molar-refractivity contribution in [3.8, 4) is 17.2 Å². The fraction of sp³-hybridized carbons (Fsp3) is 0.158. The second kappa shape index (κ2) is 8.45. The van der Waals surface area contributed by atoms with Crippen molar-refractivity contribution in [3.63, 3.8) is 0 Å². The molecule has 142 valence electrons. The molecule has 0 aliphatic carbocycles. The Morgan fingerprint density at radius 1 is 1.04 bits per heavy atom. The van der Waals surface area contributed by atoms with Crippen LogP contribution in [0.4, 0.5) is 0 Å². The number of rotatable bonds is 7. The highest BCUT2D eigenvalue weighted by Crippen LogP contribution is 2.24. The molecule has 0 bridgehead atoms. The Morgan fingerprint density at radius 3 is 2.57 bits per heavy atom. The van der Waals surface area contributed by atoms with Crippen molar-refractivity contribution in [3.05, 3.63) is 70.8 Å². The van der Waals surface area contributed by atoms with Crippen LogP contribution in [0.15, 0.2) is 62.7 Å². The average Bonchev–Trinajstić information content (AvgIpc) is 3.37. The summed E-state index contributed by atoms with van der Waals surface area (Å²) in [5.41, 5.74) is 1.87. The normalized spacial score (nSPS) is 10.9. The van der Waals surface area contributed by atoms with Gasteiger partial charge in [-0.3, -0.25) is 0 Å². The second-order valence-electron chi connectivity index (χ2n) is 5.80. The van der Waals surface area contributed by atoms with Gasteiger partial charge in [-0.2, -0.15) is 4.98 Å². The molecule has 4 rings (SSSR count). The Kier molecular flexibility index (Phi) is 5.59. The second-order valence-corrected chi connectivity index (χ2v) is 7.16. The third kappa shape index (κ3) is 4.52. The average molecular weight is 415 g/mol. The van der Waals surface area contributed by atoms with Crippen LogP contribution in [0, 0.1) is 0 Å². The zero-order valence-corrected chi connectivity index (χ0v) is 16.4. The van der Waals surface area contributed by atoms with Gasteiger partial charge in [0.15, 0.2) is 5.82 Å². The standard InChI is InChI=1S/C19H15ClN4O3S/c1-25-15-8-2-12(3-9-15)10-17-22-23-19(26-17)28-11-16-21-18(27-24-16)13-4-6-14(20)7-5-13/h2-9H,10-11H2,1H3. The van der Waals surface area contributed by atoms with Crippen LogP contribution in [0.5, 0.6) is 5.75 Å². The SMILES string of the molecule is COc1ccc(Cc2nnc(SCc3noc(-c4ccc(Cl)cc4)n3)o2)cc1. The number of thioether (sulfide) groups is 1. The van der Waals surface area contributed by atoms with Gasteiger partial charge < -0.3 is 13.7 Å². The van der Waals surface area contributed by atoms with E-state index in [1.807, 2.05) is 36.4 Å². The van der Waals surface area contributed by atoms with Gasteiger partial charge in [-0.15, -0.1) is 10.2 Å². The summed E-state index contributed by atoms with van der Waals surface area (Å²) in [5, 5.41) is 13.2. The van der Waals surface area contributed by atoms with Crippen LogP contribution >= 0.6 is 23.4 Å². The lowest BCUT2D eigenvalue weighted by Gasteiger charge is -2.00. The van der Waals surface area contributed by atoms with E-state index in [2.05, 4.69) is 20.3 Å². The fourth-order valence-corrected chi connectivity index (χ4v) is 3.18. The van der Waals surface area contributed by atoms with Gasteiger partial charge in [-0.25, -0.2) is 0 Å². The molecule has 0 saturated heterocycles. The van der Waals surface area contributed by atoms with E-state index in [1.54, 1.807) is 19.2 Å². The highest BCUT2D eigenvalue weighted by molar-refractivity contribution is 7.98. The molecule has 0 spiro atoms. The topological polar surface area (TPSA) is 87.1 Å². The number of nitrogens with zero attached hydrogens (tertiary/aromatic N) is 4. The lowest BCUT2D eigenvalue weighted by atomic mass is 10.1. The summed E-state index contributed by atoms with van der Waals surface area (Å²) < 4.78 is 16.1. The molecule has 0 aliphatic heterocycles. The molecular formula is C19H15ClN4O3S. The van der Waals surface area contributed by atoms with Crippen molar-refractivity contribution in [1.29, 1.82) is 0 Å². The number of hydrogen-bond donors (Lipinski definition) is 0. The lowest BCUT2D eigenvalue weighted by Crippen LogP contribution is -1.89. The largest absolute Gasteiger partial charge is 0.497 e. The first-order chi connectivity index (χ1) is 13.7. The highest BCUT2D eigenvalue weighted by Gasteiger charge is 2.12. The molecular weight excluding hydrogens is 400 g/mol. The van der Waals surface area contributed by atoms with Crippen molar-refractivity contribution in [2.24, 2.45) is 0 Å².